The van der Waals surface area contributed by atoms with Crippen LogP contribution in [0.2, 0.25) is 5.02 Å². The molecule has 0 N–H and O–H groups in total. The van der Waals surface area contributed by atoms with Crippen molar-refractivity contribution in [3.05, 3.63) is 41.4 Å². The van der Waals surface area contributed by atoms with Gasteiger partial charge >= 0.3 is 0 Å². The van der Waals surface area contributed by atoms with Crippen LogP contribution in [0.25, 0.3) is 17.0 Å². The minimum Gasteiger partial charge on any atom is -0.355 e. The van der Waals surface area contributed by atoms with Gasteiger partial charge in [-0.15, -0.1) is 15.3 Å². The fourth-order valence-corrected chi connectivity index (χ4v) is 4.88. The first-order valence-electron chi connectivity index (χ1n) is 11.2. The van der Waals surface area contributed by atoms with E-state index < -0.39 is 0 Å². The van der Waals surface area contributed by atoms with E-state index in [1.165, 1.54) is 12.8 Å². The summed E-state index contributed by atoms with van der Waals surface area (Å²) in [7, 11) is 0. The van der Waals surface area contributed by atoms with Gasteiger partial charge in [0.1, 0.15) is 5.82 Å². The average Bonchev–Trinajstić information content (AvgIpc) is 3.03. The molecule has 1 aromatic carbocycles. The van der Waals surface area contributed by atoms with Gasteiger partial charge in [0.25, 0.3) is 0 Å². The maximum absolute atomic E-state index is 13.0. The molecular weight excluding hydrogens is 412 g/mol. The number of piperidine rings is 1. The summed E-state index contributed by atoms with van der Waals surface area (Å²) in [6, 6.07) is 11.5. The smallest absolute Gasteiger partial charge is 0.225 e. The molecule has 0 spiro atoms. The summed E-state index contributed by atoms with van der Waals surface area (Å²) in [6.07, 6.45) is 6.51. The number of anilines is 1. The molecule has 7 nitrogen and oxygen atoms in total. The van der Waals surface area contributed by atoms with E-state index in [0.717, 1.165) is 63.2 Å². The van der Waals surface area contributed by atoms with Crippen LogP contribution in [0, 0.1) is 5.92 Å². The zero-order chi connectivity index (χ0) is 21.2. The number of hydrogen-bond donors (Lipinski definition) is 0. The Bertz CT molecular complexity index is 1070. The second-order valence-electron chi connectivity index (χ2n) is 8.47. The monoisotopic (exact) mass is 438 g/mol. The van der Waals surface area contributed by atoms with Crippen molar-refractivity contribution in [1.82, 2.24) is 24.7 Å². The predicted octanol–water partition coefficient (Wildman–Crippen LogP) is 4.06. The summed E-state index contributed by atoms with van der Waals surface area (Å²) in [5, 5.41) is 14.0. The number of nitrogens with zero attached hydrogens (tertiary/aromatic N) is 6. The Morgan fingerprint density at radius 2 is 1.65 bits per heavy atom. The average molecular weight is 439 g/mol. The minimum atomic E-state index is 0.131. The number of hydrogen-bond acceptors (Lipinski definition) is 5. The van der Waals surface area contributed by atoms with E-state index in [4.69, 9.17) is 16.7 Å². The molecule has 0 unspecified atom stereocenters. The molecule has 2 aliphatic rings. The summed E-state index contributed by atoms with van der Waals surface area (Å²) in [5.41, 5.74) is 1.49. The summed E-state index contributed by atoms with van der Waals surface area (Å²) >= 11 is 6.37. The predicted molar refractivity (Wildman–Crippen MR) is 121 cm³/mol. The number of carbonyl (C=O) groups excluding carboxylic acids is 1. The van der Waals surface area contributed by atoms with E-state index in [9.17, 15) is 4.79 Å². The molecule has 2 fully saturated rings. The Morgan fingerprint density at radius 3 is 2.39 bits per heavy atom. The van der Waals surface area contributed by atoms with Gasteiger partial charge < -0.3 is 9.80 Å². The van der Waals surface area contributed by atoms with Gasteiger partial charge in [-0.2, -0.15) is 4.52 Å². The molecule has 5 rings (SSSR count). The van der Waals surface area contributed by atoms with Gasteiger partial charge in [0.2, 0.25) is 5.91 Å². The molecule has 0 radical (unpaired) electrons. The molecule has 1 amide bonds. The second-order valence-corrected chi connectivity index (χ2v) is 8.87. The Balaban J connectivity index is 1.31. The number of benzene rings is 1. The molecule has 0 saturated carbocycles. The van der Waals surface area contributed by atoms with Crippen LogP contribution < -0.4 is 4.90 Å². The number of halogens is 1. The van der Waals surface area contributed by atoms with Crippen LogP contribution in [0.4, 0.5) is 5.82 Å². The van der Waals surface area contributed by atoms with Crippen molar-refractivity contribution < 1.29 is 4.79 Å². The SMILES string of the molecule is O=C(C1CCN(c2ccc3nnc(-c4ccccc4Cl)n3n2)CC1)N1CCCCCC1. The van der Waals surface area contributed by atoms with E-state index in [2.05, 4.69) is 20.0 Å². The van der Waals surface area contributed by atoms with Gasteiger partial charge in [-0.05, 0) is 49.9 Å². The van der Waals surface area contributed by atoms with Gasteiger partial charge in [0, 0.05) is 37.7 Å². The molecule has 0 atom stereocenters. The number of fused-ring (bicyclic) bond motifs is 1. The summed E-state index contributed by atoms with van der Waals surface area (Å²) < 4.78 is 1.75. The van der Waals surface area contributed by atoms with Gasteiger partial charge in [-0.3, -0.25) is 4.79 Å². The molecule has 2 aliphatic heterocycles. The van der Waals surface area contributed by atoms with Gasteiger partial charge in [0.15, 0.2) is 11.5 Å². The third-order valence-electron chi connectivity index (χ3n) is 6.45. The highest BCUT2D eigenvalue weighted by Gasteiger charge is 2.29. The van der Waals surface area contributed by atoms with Crippen molar-refractivity contribution in [1.29, 1.82) is 0 Å². The van der Waals surface area contributed by atoms with Crippen molar-refractivity contribution in [3.63, 3.8) is 0 Å². The van der Waals surface area contributed by atoms with Crippen LogP contribution in [0.5, 0.6) is 0 Å². The van der Waals surface area contributed by atoms with E-state index in [-0.39, 0.29) is 5.92 Å². The molecule has 31 heavy (non-hydrogen) atoms. The van der Waals surface area contributed by atoms with Gasteiger partial charge in [0.05, 0.1) is 5.02 Å². The second kappa shape index (κ2) is 8.83. The Labute approximate surface area is 187 Å². The van der Waals surface area contributed by atoms with Crippen molar-refractivity contribution >= 4 is 29.0 Å². The lowest BCUT2D eigenvalue weighted by atomic mass is 9.95. The van der Waals surface area contributed by atoms with Crippen LogP contribution in [0.15, 0.2) is 36.4 Å². The number of carbonyl (C=O) groups is 1. The van der Waals surface area contributed by atoms with Crippen molar-refractivity contribution in [3.8, 4) is 11.4 Å². The van der Waals surface area contributed by atoms with E-state index in [1.54, 1.807) is 4.52 Å². The van der Waals surface area contributed by atoms with Crippen LogP contribution in [0.1, 0.15) is 38.5 Å². The molecule has 162 valence electrons. The van der Waals surface area contributed by atoms with Gasteiger partial charge in [-0.25, -0.2) is 0 Å². The lowest BCUT2D eigenvalue weighted by molar-refractivity contribution is -0.136. The van der Waals surface area contributed by atoms with Crippen LogP contribution in [0.3, 0.4) is 0 Å². The molecule has 8 heteroatoms. The highest BCUT2D eigenvalue weighted by atomic mass is 35.5. The first-order valence-corrected chi connectivity index (χ1v) is 11.6. The Hall–Kier alpha value is -2.67. The van der Waals surface area contributed by atoms with Crippen molar-refractivity contribution in [2.45, 2.75) is 38.5 Å². The minimum absolute atomic E-state index is 0.131. The molecular formula is C23H27ClN6O. The van der Waals surface area contributed by atoms with E-state index in [0.29, 0.717) is 22.4 Å². The Morgan fingerprint density at radius 1 is 0.903 bits per heavy atom. The number of aromatic nitrogens is 4. The van der Waals surface area contributed by atoms with Gasteiger partial charge in [-0.1, -0.05) is 36.6 Å². The zero-order valence-electron chi connectivity index (χ0n) is 17.6. The number of amides is 1. The Kier molecular flexibility index (Phi) is 5.76. The quantitative estimate of drug-likeness (QED) is 0.616. The zero-order valence-corrected chi connectivity index (χ0v) is 18.3. The third kappa shape index (κ3) is 4.11. The number of rotatable bonds is 3. The standard InChI is InChI=1S/C23H27ClN6O/c24-19-8-4-3-7-18(19)22-26-25-20-9-10-21(27-30(20)22)28-15-11-17(12-16-28)23(31)29-13-5-1-2-6-14-29/h3-4,7-10,17H,1-2,5-6,11-16H2. The normalized spacial score (nSPS) is 18.4. The third-order valence-corrected chi connectivity index (χ3v) is 6.78. The highest BCUT2D eigenvalue weighted by Crippen LogP contribution is 2.28. The molecule has 4 heterocycles. The molecule has 2 aromatic heterocycles. The fourth-order valence-electron chi connectivity index (χ4n) is 4.66. The number of likely N-dealkylation sites (tertiary alicyclic amines) is 1. The molecule has 3 aromatic rings. The summed E-state index contributed by atoms with van der Waals surface area (Å²) in [5.74, 6) is 1.99. The molecule has 2 saturated heterocycles. The lowest BCUT2D eigenvalue weighted by Crippen LogP contribution is -2.43. The highest BCUT2D eigenvalue weighted by molar-refractivity contribution is 6.33. The summed E-state index contributed by atoms with van der Waals surface area (Å²) in [4.78, 5) is 17.3. The topological polar surface area (TPSA) is 66.6 Å². The first-order chi connectivity index (χ1) is 15.2. The van der Waals surface area contributed by atoms with Crippen LogP contribution in [-0.4, -0.2) is 56.8 Å². The van der Waals surface area contributed by atoms with Crippen molar-refractivity contribution in [2.24, 2.45) is 5.92 Å². The summed E-state index contributed by atoms with van der Waals surface area (Å²) in [6.45, 7) is 3.50. The fraction of sp³-hybridized carbons (Fsp3) is 0.478. The molecule has 0 bridgehead atoms. The lowest BCUT2D eigenvalue weighted by Gasteiger charge is -2.34. The largest absolute Gasteiger partial charge is 0.355 e. The molecule has 0 aliphatic carbocycles. The van der Waals surface area contributed by atoms with Crippen molar-refractivity contribution in [2.75, 3.05) is 31.1 Å². The van der Waals surface area contributed by atoms with Crippen LogP contribution in [-0.2, 0) is 4.79 Å². The maximum atomic E-state index is 13.0. The van der Waals surface area contributed by atoms with E-state index in [1.807, 2.05) is 36.4 Å². The van der Waals surface area contributed by atoms with Crippen LogP contribution >= 0.6 is 11.6 Å². The van der Waals surface area contributed by atoms with E-state index >= 15 is 0 Å². The maximum Gasteiger partial charge on any atom is 0.225 e. The first kappa shape index (κ1) is 20.2.